The highest BCUT2D eigenvalue weighted by Crippen LogP contribution is 2.29. The molecule has 38 heavy (non-hydrogen) atoms. The SMILES string of the molecule is CC(C)(C)OC(=O)N1CC(c2ccc3c(N)ncnn23)=CC1C(=O)NCc1cc(OC(F)(F)F)ccc1F. The van der Waals surface area contributed by atoms with Gasteiger partial charge in [0.2, 0.25) is 5.91 Å². The lowest BCUT2D eigenvalue weighted by Gasteiger charge is -2.28. The smallest absolute Gasteiger partial charge is 0.444 e. The summed E-state index contributed by atoms with van der Waals surface area (Å²) in [4.78, 5) is 31.3. The van der Waals surface area contributed by atoms with Gasteiger partial charge >= 0.3 is 12.5 Å². The molecule has 0 radical (unpaired) electrons. The molecule has 0 aliphatic carbocycles. The van der Waals surface area contributed by atoms with E-state index in [4.69, 9.17) is 10.5 Å². The number of nitrogens with two attached hydrogens (primary N) is 1. The van der Waals surface area contributed by atoms with E-state index in [1.165, 1.54) is 21.8 Å². The second-order valence-corrected chi connectivity index (χ2v) is 9.42. The molecule has 3 aromatic rings. The first-order valence-electron chi connectivity index (χ1n) is 11.3. The first kappa shape index (κ1) is 26.7. The van der Waals surface area contributed by atoms with Crippen molar-refractivity contribution in [2.75, 3.05) is 12.3 Å². The minimum atomic E-state index is -4.96. The molecule has 0 saturated carbocycles. The third-order valence-electron chi connectivity index (χ3n) is 5.45. The summed E-state index contributed by atoms with van der Waals surface area (Å²) in [5.41, 5.74) is 6.44. The predicted octanol–water partition coefficient (Wildman–Crippen LogP) is 3.67. The third kappa shape index (κ3) is 5.95. The van der Waals surface area contributed by atoms with Crippen LogP contribution >= 0.6 is 0 Å². The Morgan fingerprint density at radius 3 is 2.61 bits per heavy atom. The molecule has 0 spiro atoms. The average Bonchev–Trinajstić information content (AvgIpc) is 3.42. The molecule has 2 amide bonds. The van der Waals surface area contributed by atoms with Gasteiger partial charge in [-0.05, 0) is 62.8 Å². The van der Waals surface area contributed by atoms with Gasteiger partial charge in [0.15, 0.2) is 5.82 Å². The number of nitrogens with zero attached hydrogens (tertiary/aromatic N) is 4. The molecule has 2 aromatic heterocycles. The number of carbonyl (C=O) groups excluding carboxylic acids is 2. The van der Waals surface area contributed by atoms with E-state index in [9.17, 15) is 27.2 Å². The number of rotatable bonds is 5. The van der Waals surface area contributed by atoms with Crippen molar-refractivity contribution < 1.29 is 36.6 Å². The number of halogens is 4. The van der Waals surface area contributed by atoms with Crippen LogP contribution in [0, 0.1) is 5.82 Å². The van der Waals surface area contributed by atoms with E-state index in [2.05, 4.69) is 20.1 Å². The van der Waals surface area contributed by atoms with Gasteiger partial charge in [-0.1, -0.05) is 0 Å². The van der Waals surface area contributed by atoms with Crippen molar-refractivity contribution in [1.82, 2.24) is 24.8 Å². The number of hydrogen-bond acceptors (Lipinski definition) is 7. The van der Waals surface area contributed by atoms with Crippen LogP contribution in [0.1, 0.15) is 32.0 Å². The van der Waals surface area contributed by atoms with E-state index in [1.807, 2.05) is 0 Å². The lowest BCUT2D eigenvalue weighted by Crippen LogP contribution is -2.47. The summed E-state index contributed by atoms with van der Waals surface area (Å²) < 4.78 is 62.7. The van der Waals surface area contributed by atoms with Crippen molar-refractivity contribution in [2.45, 2.75) is 45.3 Å². The zero-order valence-corrected chi connectivity index (χ0v) is 20.5. The van der Waals surface area contributed by atoms with Crippen LogP contribution in [0.3, 0.4) is 0 Å². The van der Waals surface area contributed by atoms with Crippen LogP contribution in [-0.4, -0.2) is 56.0 Å². The molecule has 1 atom stereocenters. The maximum Gasteiger partial charge on any atom is 0.573 e. The number of nitrogens with one attached hydrogen (secondary N) is 1. The minimum absolute atomic E-state index is 0.0215. The summed E-state index contributed by atoms with van der Waals surface area (Å²) in [6.07, 6.45) is -2.94. The summed E-state index contributed by atoms with van der Waals surface area (Å²) in [6.45, 7) is 4.53. The van der Waals surface area contributed by atoms with Gasteiger partial charge in [-0.25, -0.2) is 18.7 Å². The van der Waals surface area contributed by atoms with Crippen LogP contribution in [-0.2, 0) is 16.1 Å². The van der Waals surface area contributed by atoms with Gasteiger partial charge in [0.1, 0.15) is 35.1 Å². The minimum Gasteiger partial charge on any atom is -0.444 e. The fourth-order valence-electron chi connectivity index (χ4n) is 3.86. The molecular formula is C24H24F4N6O4. The van der Waals surface area contributed by atoms with Gasteiger partial charge in [0.25, 0.3) is 0 Å². The fourth-order valence-corrected chi connectivity index (χ4v) is 3.86. The molecule has 0 fully saturated rings. The number of benzene rings is 1. The molecule has 3 N–H and O–H groups in total. The number of hydrogen-bond donors (Lipinski definition) is 2. The second kappa shape index (κ2) is 9.84. The Bertz CT molecular complexity index is 1410. The molecule has 1 unspecified atom stereocenters. The van der Waals surface area contributed by atoms with Gasteiger partial charge in [-0.3, -0.25) is 9.69 Å². The van der Waals surface area contributed by atoms with E-state index >= 15 is 0 Å². The molecule has 1 aromatic carbocycles. The lowest BCUT2D eigenvalue weighted by atomic mass is 10.1. The maximum atomic E-state index is 14.2. The van der Waals surface area contributed by atoms with Crippen LogP contribution in [0.25, 0.3) is 11.1 Å². The Balaban J connectivity index is 1.59. The third-order valence-corrected chi connectivity index (χ3v) is 5.45. The van der Waals surface area contributed by atoms with E-state index in [1.54, 1.807) is 32.9 Å². The van der Waals surface area contributed by atoms with Gasteiger partial charge in [0.05, 0.1) is 12.2 Å². The van der Waals surface area contributed by atoms with Gasteiger partial charge < -0.3 is 20.5 Å². The van der Waals surface area contributed by atoms with Crippen molar-refractivity contribution in [3.8, 4) is 5.75 Å². The van der Waals surface area contributed by atoms with Crippen molar-refractivity contribution in [1.29, 1.82) is 0 Å². The second-order valence-electron chi connectivity index (χ2n) is 9.42. The largest absolute Gasteiger partial charge is 0.573 e. The number of anilines is 1. The summed E-state index contributed by atoms with van der Waals surface area (Å²) in [6, 6.07) is 4.69. The quantitative estimate of drug-likeness (QED) is 0.477. The monoisotopic (exact) mass is 536 g/mol. The highest BCUT2D eigenvalue weighted by atomic mass is 19.4. The molecule has 1 aliphatic rings. The standard InChI is InChI=1S/C24H24F4N6O4/c1-23(2,3)38-22(36)33-11-14(17-6-7-18-20(29)31-12-32-34(17)18)9-19(33)21(35)30-10-13-8-15(4-5-16(13)25)37-24(26,27)28/h4-9,12,19H,10-11H2,1-3H3,(H,30,35)(H2,29,31,32). The number of aromatic nitrogens is 3. The highest BCUT2D eigenvalue weighted by molar-refractivity contribution is 5.93. The van der Waals surface area contributed by atoms with Crippen molar-refractivity contribution in [3.63, 3.8) is 0 Å². The van der Waals surface area contributed by atoms with Crippen LogP contribution in [0.4, 0.5) is 28.2 Å². The molecule has 1 aliphatic heterocycles. The predicted molar refractivity (Wildman–Crippen MR) is 127 cm³/mol. The molecule has 202 valence electrons. The van der Waals surface area contributed by atoms with E-state index < -0.39 is 48.1 Å². The maximum absolute atomic E-state index is 14.2. The van der Waals surface area contributed by atoms with E-state index in [-0.39, 0.29) is 17.9 Å². The van der Waals surface area contributed by atoms with Crippen molar-refractivity contribution in [3.05, 3.63) is 59.8 Å². The Morgan fingerprint density at radius 1 is 1.18 bits per heavy atom. The zero-order valence-electron chi connectivity index (χ0n) is 20.5. The fraction of sp³-hybridized carbons (Fsp3) is 0.333. The van der Waals surface area contributed by atoms with Gasteiger partial charge in [0, 0.05) is 12.1 Å². The number of nitrogen functional groups attached to an aromatic ring is 1. The Hall–Kier alpha value is -4.36. The summed E-state index contributed by atoms with van der Waals surface area (Å²) in [5.74, 6) is -1.95. The van der Waals surface area contributed by atoms with Gasteiger partial charge in [-0.15, -0.1) is 13.2 Å². The number of amides is 2. The normalized spacial score (nSPS) is 15.9. The lowest BCUT2D eigenvalue weighted by molar-refractivity contribution is -0.274. The number of carbonyl (C=O) groups is 2. The Labute approximate surface area is 214 Å². The number of ether oxygens (including phenoxy) is 2. The highest BCUT2D eigenvalue weighted by Gasteiger charge is 2.38. The Kier molecular flexibility index (Phi) is 6.91. The first-order valence-corrected chi connectivity index (χ1v) is 11.3. The van der Waals surface area contributed by atoms with E-state index in [0.29, 0.717) is 16.8 Å². The number of alkyl halides is 3. The Morgan fingerprint density at radius 2 is 1.92 bits per heavy atom. The summed E-state index contributed by atoms with van der Waals surface area (Å²) in [5, 5.41) is 6.65. The zero-order chi connectivity index (χ0) is 27.8. The molecule has 3 heterocycles. The molecule has 0 bridgehead atoms. The molecule has 14 heteroatoms. The van der Waals surface area contributed by atoms with Crippen LogP contribution < -0.4 is 15.8 Å². The topological polar surface area (TPSA) is 124 Å². The van der Waals surface area contributed by atoms with Gasteiger partial charge in [-0.2, -0.15) is 5.10 Å². The molecule has 10 nitrogen and oxygen atoms in total. The first-order chi connectivity index (χ1) is 17.7. The molecule has 0 saturated heterocycles. The van der Waals surface area contributed by atoms with Crippen molar-refractivity contribution >= 4 is 28.9 Å². The van der Waals surface area contributed by atoms with Crippen LogP contribution in [0.5, 0.6) is 5.75 Å². The van der Waals surface area contributed by atoms with Crippen LogP contribution in [0.2, 0.25) is 0 Å². The number of fused-ring (bicyclic) bond motifs is 1. The summed E-state index contributed by atoms with van der Waals surface area (Å²) in [7, 11) is 0. The van der Waals surface area contributed by atoms with E-state index in [0.717, 1.165) is 18.2 Å². The average molecular weight is 536 g/mol. The molecular weight excluding hydrogens is 512 g/mol. The molecule has 4 rings (SSSR count). The summed E-state index contributed by atoms with van der Waals surface area (Å²) >= 11 is 0. The van der Waals surface area contributed by atoms with Crippen LogP contribution in [0.15, 0.2) is 42.7 Å². The van der Waals surface area contributed by atoms with Crippen molar-refractivity contribution in [2.24, 2.45) is 0 Å².